The van der Waals surface area contributed by atoms with E-state index < -0.39 is 0 Å². The molecule has 0 saturated heterocycles. The predicted molar refractivity (Wildman–Crippen MR) is 144 cm³/mol. The number of amides is 2. The summed E-state index contributed by atoms with van der Waals surface area (Å²) in [6, 6.07) is 19.7. The average molecular weight is 549 g/mol. The maximum Gasteiger partial charge on any atom is 0.323 e. The predicted octanol–water partition coefficient (Wildman–Crippen LogP) is 7.33. The van der Waals surface area contributed by atoms with E-state index in [0.717, 1.165) is 40.0 Å². The lowest BCUT2D eigenvalue weighted by atomic mass is 9.95. The molecule has 0 saturated carbocycles. The van der Waals surface area contributed by atoms with Crippen LogP contribution >= 0.6 is 27.3 Å². The third-order valence-electron chi connectivity index (χ3n) is 6.99. The number of aromatic nitrogens is 1. The van der Waals surface area contributed by atoms with E-state index >= 15 is 0 Å². The van der Waals surface area contributed by atoms with Crippen molar-refractivity contribution in [1.82, 2.24) is 9.47 Å². The molecule has 1 N–H and O–H groups in total. The molecule has 5 nitrogen and oxygen atoms in total. The molecule has 1 aliphatic heterocycles. The number of hydrogen-bond acceptors (Lipinski definition) is 3. The molecule has 1 aliphatic carbocycles. The summed E-state index contributed by atoms with van der Waals surface area (Å²) in [7, 11) is 1.67. The number of nitrogens with one attached hydrogen (secondary N) is 1. The highest BCUT2D eigenvalue weighted by Crippen LogP contribution is 2.44. The van der Waals surface area contributed by atoms with E-state index in [1.807, 2.05) is 52.6 Å². The number of aryl methyl sites for hydroxylation is 1. The van der Waals surface area contributed by atoms with Gasteiger partial charge in [0, 0.05) is 21.1 Å². The van der Waals surface area contributed by atoms with Gasteiger partial charge in [0.1, 0.15) is 10.8 Å². The van der Waals surface area contributed by atoms with E-state index in [2.05, 4.69) is 56.3 Å². The maximum atomic E-state index is 14.0. The Labute approximate surface area is 217 Å². The minimum absolute atomic E-state index is 0.117. The first-order chi connectivity index (χ1) is 17.1. The van der Waals surface area contributed by atoms with E-state index in [0.29, 0.717) is 6.54 Å². The number of urea groups is 1. The van der Waals surface area contributed by atoms with Gasteiger partial charge < -0.3 is 19.5 Å². The highest BCUT2D eigenvalue weighted by atomic mass is 79.9. The number of methoxy groups -OCH3 is 1. The zero-order chi connectivity index (χ0) is 23.9. The van der Waals surface area contributed by atoms with E-state index in [4.69, 9.17) is 4.74 Å². The van der Waals surface area contributed by atoms with Crippen LogP contribution in [0.2, 0.25) is 0 Å². The van der Waals surface area contributed by atoms with Crippen LogP contribution in [-0.4, -0.2) is 22.6 Å². The molecule has 35 heavy (non-hydrogen) atoms. The van der Waals surface area contributed by atoms with Gasteiger partial charge in [0.25, 0.3) is 0 Å². The fourth-order valence-corrected chi connectivity index (χ4v) is 7.06. The smallest absolute Gasteiger partial charge is 0.323 e. The molecule has 2 aliphatic rings. The summed E-state index contributed by atoms with van der Waals surface area (Å²) in [5.41, 5.74) is 5.65. The van der Waals surface area contributed by atoms with Crippen molar-refractivity contribution in [3.63, 3.8) is 0 Å². The second-order valence-corrected chi connectivity index (χ2v) is 10.9. The highest BCUT2D eigenvalue weighted by molar-refractivity contribution is 9.10. The second kappa shape index (κ2) is 9.21. The summed E-state index contributed by atoms with van der Waals surface area (Å²) in [4.78, 5) is 17.4. The molecule has 0 spiro atoms. The van der Waals surface area contributed by atoms with Crippen molar-refractivity contribution in [3.8, 4) is 10.8 Å². The van der Waals surface area contributed by atoms with Crippen molar-refractivity contribution >= 4 is 39.0 Å². The van der Waals surface area contributed by atoms with Crippen LogP contribution in [0.25, 0.3) is 5.00 Å². The Kier molecular flexibility index (Phi) is 5.90. The van der Waals surface area contributed by atoms with Gasteiger partial charge in [-0.25, -0.2) is 4.79 Å². The molecule has 6 rings (SSSR count). The van der Waals surface area contributed by atoms with Gasteiger partial charge in [0.2, 0.25) is 0 Å². The molecule has 3 heterocycles. The van der Waals surface area contributed by atoms with Crippen molar-refractivity contribution in [2.75, 3.05) is 12.4 Å². The van der Waals surface area contributed by atoms with Crippen LogP contribution < -0.4 is 10.1 Å². The minimum Gasteiger partial charge on any atom is -0.497 e. The fraction of sp³-hybridized carbons (Fsp3) is 0.250. The summed E-state index contributed by atoms with van der Waals surface area (Å²) in [5, 5.41) is 4.42. The first-order valence-electron chi connectivity index (χ1n) is 11.9. The van der Waals surface area contributed by atoms with Gasteiger partial charge >= 0.3 is 6.03 Å². The van der Waals surface area contributed by atoms with Gasteiger partial charge in [0.15, 0.2) is 0 Å². The Morgan fingerprint density at radius 1 is 1.03 bits per heavy atom. The number of hydrogen-bond donors (Lipinski definition) is 1. The standard InChI is InChI=1S/C28H26BrN3O2S/c1-34-19-14-12-18(13-15-19)26-24-10-6-16-31(24)27-21(20-7-2-5-11-25(20)35-27)17-32(26)28(33)30-23-9-4-3-8-22(23)29/h3-4,6,8-10,12-16,26H,2,5,7,11,17H2,1H3,(H,30,33). The van der Waals surface area contributed by atoms with Gasteiger partial charge in [-0.3, -0.25) is 0 Å². The Hall–Kier alpha value is -3.03. The summed E-state index contributed by atoms with van der Waals surface area (Å²) in [5.74, 6) is 0.801. The molecular formula is C28H26BrN3O2S. The number of ether oxygens (including phenoxy) is 1. The summed E-state index contributed by atoms with van der Waals surface area (Å²) in [6.07, 6.45) is 6.81. The molecule has 4 aromatic rings. The molecular weight excluding hydrogens is 522 g/mol. The summed E-state index contributed by atoms with van der Waals surface area (Å²) < 4.78 is 8.57. The summed E-state index contributed by atoms with van der Waals surface area (Å²) in [6.45, 7) is 0.565. The topological polar surface area (TPSA) is 46.5 Å². The Morgan fingerprint density at radius 3 is 2.63 bits per heavy atom. The van der Waals surface area contributed by atoms with Crippen molar-refractivity contribution in [1.29, 1.82) is 0 Å². The maximum absolute atomic E-state index is 14.0. The largest absolute Gasteiger partial charge is 0.497 e. The number of fused-ring (bicyclic) bond motifs is 5. The van der Waals surface area contributed by atoms with Crippen LogP contribution in [0.1, 0.15) is 46.1 Å². The quantitative estimate of drug-likeness (QED) is 0.292. The van der Waals surface area contributed by atoms with E-state index in [1.165, 1.54) is 33.8 Å². The number of benzene rings is 2. The molecule has 2 aromatic heterocycles. The Balaban J connectivity index is 1.50. The lowest BCUT2D eigenvalue weighted by Gasteiger charge is -2.31. The lowest BCUT2D eigenvalue weighted by molar-refractivity contribution is 0.194. The molecule has 0 fully saturated rings. The first kappa shape index (κ1) is 22.4. The SMILES string of the molecule is COc1ccc(C2c3cccn3-c3sc4c(c3CN2C(=O)Nc2ccccc2Br)CCCC4)cc1. The Morgan fingerprint density at radius 2 is 1.83 bits per heavy atom. The van der Waals surface area contributed by atoms with E-state index in [1.54, 1.807) is 7.11 Å². The van der Waals surface area contributed by atoms with Crippen LogP contribution in [0.15, 0.2) is 71.3 Å². The number of para-hydroxylation sites is 1. The fourth-order valence-electron chi connectivity index (χ4n) is 5.27. The molecule has 0 radical (unpaired) electrons. The van der Waals surface area contributed by atoms with E-state index in [-0.39, 0.29) is 12.1 Å². The highest BCUT2D eigenvalue weighted by Gasteiger charge is 2.36. The molecule has 1 atom stereocenters. The zero-order valence-electron chi connectivity index (χ0n) is 19.5. The van der Waals surface area contributed by atoms with Crippen LogP contribution in [0, 0.1) is 0 Å². The third kappa shape index (κ3) is 3.96. The number of anilines is 1. The molecule has 2 aromatic carbocycles. The van der Waals surface area contributed by atoms with E-state index in [9.17, 15) is 4.79 Å². The average Bonchev–Trinajstić information content (AvgIpc) is 3.47. The lowest BCUT2D eigenvalue weighted by Crippen LogP contribution is -2.38. The minimum atomic E-state index is -0.239. The van der Waals surface area contributed by atoms with Gasteiger partial charge in [-0.1, -0.05) is 24.3 Å². The van der Waals surface area contributed by atoms with Crippen molar-refractivity contribution in [3.05, 3.63) is 98.6 Å². The van der Waals surface area contributed by atoms with Crippen LogP contribution in [0.3, 0.4) is 0 Å². The second-order valence-electron chi connectivity index (χ2n) is 9.01. The van der Waals surface area contributed by atoms with Gasteiger partial charge in [-0.15, -0.1) is 11.3 Å². The molecule has 178 valence electrons. The third-order valence-corrected chi connectivity index (χ3v) is 9.01. The number of thiophene rings is 1. The van der Waals surface area contributed by atoms with Crippen molar-refractivity contribution in [2.24, 2.45) is 0 Å². The van der Waals surface area contributed by atoms with Gasteiger partial charge in [-0.05, 0) is 89.1 Å². The zero-order valence-corrected chi connectivity index (χ0v) is 21.9. The normalized spacial score (nSPS) is 16.6. The molecule has 0 bridgehead atoms. The van der Waals surface area contributed by atoms with Gasteiger partial charge in [-0.2, -0.15) is 0 Å². The van der Waals surface area contributed by atoms with Crippen molar-refractivity contribution < 1.29 is 9.53 Å². The monoisotopic (exact) mass is 547 g/mol. The van der Waals surface area contributed by atoms with Crippen LogP contribution in [-0.2, 0) is 19.4 Å². The summed E-state index contributed by atoms with van der Waals surface area (Å²) >= 11 is 5.48. The van der Waals surface area contributed by atoms with Crippen LogP contribution in [0.5, 0.6) is 5.75 Å². The number of halogens is 1. The molecule has 7 heteroatoms. The molecule has 1 unspecified atom stereocenters. The molecule has 2 amide bonds. The first-order valence-corrected chi connectivity index (χ1v) is 13.5. The van der Waals surface area contributed by atoms with Crippen molar-refractivity contribution in [2.45, 2.75) is 38.3 Å². The number of nitrogens with zero attached hydrogens (tertiary/aromatic N) is 2. The number of carbonyl (C=O) groups is 1. The number of carbonyl (C=O) groups excluding carboxylic acids is 1. The van der Waals surface area contributed by atoms with Gasteiger partial charge in [0.05, 0.1) is 31.1 Å². The van der Waals surface area contributed by atoms with Crippen LogP contribution in [0.4, 0.5) is 10.5 Å². The Bertz CT molecular complexity index is 1390. The number of rotatable bonds is 3.